The Morgan fingerprint density at radius 3 is 2.50 bits per heavy atom. The Kier molecular flexibility index (Phi) is 7.03. The molecule has 2 aliphatic rings. The number of benzene rings is 1. The fourth-order valence-electron chi connectivity index (χ4n) is 4.31. The number of hydrogen-bond donors (Lipinski definition) is 2. The maximum atomic E-state index is 13.3. The average molecular weight is 548 g/mol. The third-order valence-electron chi connectivity index (χ3n) is 6.52. The van der Waals surface area contributed by atoms with Gasteiger partial charge < -0.3 is 15.0 Å². The van der Waals surface area contributed by atoms with Crippen LogP contribution in [0, 0.1) is 0 Å². The number of rotatable bonds is 7. The number of carbonyl (C=O) groups excluding carboxylic acids is 2. The van der Waals surface area contributed by atoms with Crippen LogP contribution in [0.2, 0.25) is 0 Å². The number of piperazine rings is 1. The number of hydrogen-bond acceptors (Lipinski definition) is 9. The summed E-state index contributed by atoms with van der Waals surface area (Å²) in [5.74, 6) is -1.66. The van der Waals surface area contributed by atoms with Crippen molar-refractivity contribution in [2.24, 2.45) is 0 Å². The second-order valence-electron chi connectivity index (χ2n) is 9.14. The van der Waals surface area contributed by atoms with E-state index in [-0.39, 0.29) is 16.4 Å². The zero-order valence-electron chi connectivity index (χ0n) is 20.3. The Hall–Kier alpha value is -3.62. The van der Waals surface area contributed by atoms with Gasteiger partial charge in [-0.05, 0) is 50.2 Å². The van der Waals surface area contributed by atoms with Crippen molar-refractivity contribution in [1.82, 2.24) is 25.0 Å². The van der Waals surface area contributed by atoms with Crippen LogP contribution in [0.5, 0.6) is 5.75 Å². The van der Waals surface area contributed by atoms with E-state index in [2.05, 4.69) is 40.4 Å². The number of pyridine rings is 1. The number of nitrogens with one attached hydrogen (secondary N) is 2. The average Bonchev–Trinajstić information content (AvgIpc) is 3.57. The molecule has 10 nitrogen and oxygen atoms in total. The highest BCUT2D eigenvalue weighted by atomic mass is 32.1. The Labute approximate surface area is 219 Å². The molecule has 3 aromatic rings. The molecule has 0 bridgehead atoms. The summed E-state index contributed by atoms with van der Waals surface area (Å²) in [4.78, 5) is 34.4. The standard InChI is InChI=1S/C24H24F3N7O3S/c1-33-9-11-34(12-10-33)23(6-7-23)21(36)29-17-13-15(4-5-18(17)37-24(25,26)27)19(35)30-22-32-31-20(38-22)16-3-2-8-28-14-16/h2-5,8,13-14H,6-7,9-12H2,1H3,(H,29,36)(H,30,32,35). The van der Waals surface area contributed by atoms with Crippen molar-refractivity contribution < 1.29 is 27.5 Å². The number of carbonyl (C=O) groups is 2. The van der Waals surface area contributed by atoms with E-state index in [1.807, 2.05) is 7.05 Å². The summed E-state index contributed by atoms with van der Waals surface area (Å²) in [5.41, 5.74) is -0.283. The molecule has 200 valence electrons. The number of aromatic nitrogens is 3. The van der Waals surface area contributed by atoms with Gasteiger partial charge in [-0.25, -0.2) is 0 Å². The topological polar surface area (TPSA) is 113 Å². The Morgan fingerprint density at radius 2 is 1.84 bits per heavy atom. The lowest BCUT2D eigenvalue weighted by Crippen LogP contribution is -2.54. The summed E-state index contributed by atoms with van der Waals surface area (Å²) in [5, 5.41) is 13.9. The van der Waals surface area contributed by atoms with Crippen molar-refractivity contribution in [3.05, 3.63) is 48.3 Å². The summed E-state index contributed by atoms with van der Waals surface area (Å²) < 4.78 is 43.4. The molecule has 5 rings (SSSR count). The molecular weight excluding hydrogens is 523 g/mol. The summed E-state index contributed by atoms with van der Waals surface area (Å²) in [7, 11) is 2.00. The van der Waals surface area contributed by atoms with Crippen molar-refractivity contribution in [3.8, 4) is 16.3 Å². The number of nitrogens with zero attached hydrogens (tertiary/aromatic N) is 5. The number of likely N-dealkylation sites (N-methyl/N-ethyl adjacent to an activating group) is 1. The number of amides is 2. The summed E-state index contributed by atoms with van der Waals surface area (Å²) >= 11 is 1.12. The first-order valence-electron chi connectivity index (χ1n) is 11.8. The lowest BCUT2D eigenvalue weighted by atomic mass is 10.1. The van der Waals surface area contributed by atoms with Crippen LogP contribution in [-0.2, 0) is 4.79 Å². The minimum atomic E-state index is -4.98. The highest BCUT2D eigenvalue weighted by Gasteiger charge is 2.55. The minimum absolute atomic E-state index is 0.0115. The van der Waals surface area contributed by atoms with Gasteiger partial charge in [0.1, 0.15) is 5.54 Å². The van der Waals surface area contributed by atoms with Gasteiger partial charge in [0.15, 0.2) is 10.8 Å². The summed E-state index contributed by atoms with van der Waals surface area (Å²) in [6.07, 6.45) is -0.544. The first-order valence-corrected chi connectivity index (χ1v) is 12.6. The Balaban J connectivity index is 1.34. The number of alkyl halides is 3. The van der Waals surface area contributed by atoms with E-state index in [0.717, 1.165) is 42.1 Å². The van der Waals surface area contributed by atoms with Crippen LogP contribution in [0.1, 0.15) is 23.2 Å². The van der Waals surface area contributed by atoms with E-state index >= 15 is 0 Å². The minimum Gasteiger partial charge on any atom is -0.404 e. The quantitative estimate of drug-likeness (QED) is 0.463. The lowest BCUT2D eigenvalue weighted by Gasteiger charge is -2.37. The molecule has 2 aromatic heterocycles. The van der Waals surface area contributed by atoms with Crippen molar-refractivity contribution in [2.75, 3.05) is 43.9 Å². The fraction of sp³-hybridized carbons (Fsp3) is 0.375. The van der Waals surface area contributed by atoms with Crippen LogP contribution in [-0.4, -0.2) is 81.9 Å². The molecular formula is C24H24F3N7O3S. The first kappa shape index (κ1) is 26.0. The van der Waals surface area contributed by atoms with Gasteiger partial charge in [0, 0.05) is 49.7 Å². The van der Waals surface area contributed by atoms with Gasteiger partial charge >= 0.3 is 6.36 Å². The van der Waals surface area contributed by atoms with Crippen LogP contribution in [0.25, 0.3) is 10.6 Å². The molecule has 2 amide bonds. The summed E-state index contributed by atoms with van der Waals surface area (Å²) in [6.45, 7) is 2.95. The first-order chi connectivity index (χ1) is 18.1. The maximum Gasteiger partial charge on any atom is 0.573 e. The van der Waals surface area contributed by atoms with Crippen LogP contribution in [0.3, 0.4) is 0 Å². The van der Waals surface area contributed by atoms with Gasteiger partial charge in [0.2, 0.25) is 11.0 Å². The van der Waals surface area contributed by atoms with E-state index in [1.54, 1.807) is 24.5 Å². The molecule has 0 atom stereocenters. The molecule has 1 aliphatic heterocycles. The number of ether oxygens (including phenoxy) is 1. The fourth-order valence-corrected chi connectivity index (χ4v) is 5.04. The smallest absolute Gasteiger partial charge is 0.404 e. The normalized spacial score (nSPS) is 17.6. The van der Waals surface area contributed by atoms with E-state index in [1.165, 1.54) is 6.07 Å². The highest BCUT2D eigenvalue weighted by molar-refractivity contribution is 7.18. The molecule has 0 unspecified atom stereocenters. The Bertz CT molecular complexity index is 1320. The molecule has 0 spiro atoms. The second kappa shape index (κ2) is 10.3. The monoisotopic (exact) mass is 547 g/mol. The molecule has 1 saturated heterocycles. The summed E-state index contributed by atoms with van der Waals surface area (Å²) in [6, 6.07) is 6.89. The van der Waals surface area contributed by atoms with Crippen molar-refractivity contribution in [1.29, 1.82) is 0 Å². The number of halogens is 3. The van der Waals surface area contributed by atoms with Crippen LogP contribution in [0.15, 0.2) is 42.7 Å². The van der Waals surface area contributed by atoms with Crippen molar-refractivity contribution in [3.63, 3.8) is 0 Å². The zero-order valence-corrected chi connectivity index (χ0v) is 21.1. The van der Waals surface area contributed by atoms with Crippen LogP contribution >= 0.6 is 11.3 Å². The molecule has 3 heterocycles. The lowest BCUT2D eigenvalue weighted by molar-refractivity contribution is -0.274. The van der Waals surface area contributed by atoms with Gasteiger partial charge in [0.05, 0.1) is 5.69 Å². The predicted octanol–water partition coefficient (Wildman–Crippen LogP) is 3.47. The van der Waals surface area contributed by atoms with Gasteiger partial charge in [-0.15, -0.1) is 23.4 Å². The molecule has 38 heavy (non-hydrogen) atoms. The number of anilines is 2. The van der Waals surface area contributed by atoms with Gasteiger partial charge in [-0.3, -0.25) is 24.8 Å². The van der Waals surface area contributed by atoms with E-state index in [9.17, 15) is 22.8 Å². The Morgan fingerprint density at radius 1 is 1.08 bits per heavy atom. The maximum absolute atomic E-state index is 13.3. The third-order valence-corrected chi connectivity index (χ3v) is 7.41. The van der Waals surface area contributed by atoms with E-state index in [0.29, 0.717) is 30.9 Å². The van der Waals surface area contributed by atoms with E-state index in [4.69, 9.17) is 0 Å². The third kappa shape index (κ3) is 5.76. The van der Waals surface area contributed by atoms with Crippen molar-refractivity contribution in [2.45, 2.75) is 24.7 Å². The van der Waals surface area contributed by atoms with Gasteiger partial charge in [-0.2, -0.15) is 0 Å². The molecule has 14 heteroatoms. The second-order valence-corrected chi connectivity index (χ2v) is 10.1. The highest BCUT2D eigenvalue weighted by Crippen LogP contribution is 2.44. The van der Waals surface area contributed by atoms with E-state index < -0.39 is 29.5 Å². The van der Waals surface area contributed by atoms with Crippen LogP contribution in [0.4, 0.5) is 24.0 Å². The van der Waals surface area contributed by atoms with Gasteiger partial charge in [-0.1, -0.05) is 11.3 Å². The largest absolute Gasteiger partial charge is 0.573 e. The zero-order chi connectivity index (χ0) is 26.9. The molecule has 0 radical (unpaired) electrons. The molecule has 1 saturated carbocycles. The molecule has 1 aliphatic carbocycles. The van der Waals surface area contributed by atoms with Crippen LogP contribution < -0.4 is 15.4 Å². The SMILES string of the molecule is CN1CCN(C2(C(=O)Nc3cc(C(=O)Nc4nnc(-c5cccnc5)s4)ccc3OC(F)(F)F)CC2)CC1. The molecule has 1 aromatic carbocycles. The molecule has 2 N–H and O–H groups in total. The van der Waals surface area contributed by atoms with Gasteiger partial charge in [0.25, 0.3) is 5.91 Å². The molecule has 2 fully saturated rings. The van der Waals surface area contributed by atoms with Crippen molar-refractivity contribution >= 4 is 34.0 Å². The predicted molar refractivity (Wildman–Crippen MR) is 134 cm³/mol.